The molecule has 0 unspecified atom stereocenters. The summed E-state index contributed by atoms with van der Waals surface area (Å²) in [5.41, 5.74) is 2.02. The molecule has 1 saturated heterocycles. The summed E-state index contributed by atoms with van der Waals surface area (Å²) in [6, 6.07) is 6.34. The van der Waals surface area contributed by atoms with E-state index in [0.717, 1.165) is 24.1 Å². The lowest BCUT2D eigenvalue weighted by atomic mass is 9.97. The van der Waals surface area contributed by atoms with Crippen LogP contribution in [0.3, 0.4) is 0 Å². The zero-order chi connectivity index (χ0) is 13.9. The molecule has 1 aliphatic carbocycles. The predicted octanol–water partition coefficient (Wildman–Crippen LogP) is 3.10. The molecule has 0 spiro atoms. The molecule has 0 bridgehead atoms. The van der Waals surface area contributed by atoms with E-state index in [4.69, 9.17) is 0 Å². The van der Waals surface area contributed by atoms with Crippen LogP contribution in [-0.2, 0) is 6.54 Å². The molecular formula is C17H25FN2. The van der Waals surface area contributed by atoms with Crippen molar-refractivity contribution in [1.82, 2.24) is 10.2 Å². The van der Waals surface area contributed by atoms with Gasteiger partial charge in [-0.15, -0.1) is 0 Å². The van der Waals surface area contributed by atoms with Gasteiger partial charge in [0.2, 0.25) is 0 Å². The van der Waals surface area contributed by atoms with Crippen molar-refractivity contribution in [3.8, 4) is 0 Å². The molecule has 1 aromatic rings. The van der Waals surface area contributed by atoms with Crippen LogP contribution >= 0.6 is 0 Å². The van der Waals surface area contributed by atoms with Crippen molar-refractivity contribution >= 4 is 0 Å². The Balaban J connectivity index is 1.62. The molecular weight excluding hydrogens is 251 g/mol. The number of nitrogens with zero attached hydrogens (tertiary/aromatic N) is 1. The lowest BCUT2D eigenvalue weighted by Crippen LogP contribution is -2.37. The fourth-order valence-corrected chi connectivity index (χ4v) is 3.22. The largest absolute Gasteiger partial charge is 0.317 e. The highest BCUT2D eigenvalue weighted by molar-refractivity contribution is 5.24. The third-order valence-electron chi connectivity index (χ3n) is 4.62. The minimum Gasteiger partial charge on any atom is -0.317 e. The van der Waals surface area contributed by atoms with E-state index in [9.17, 15) is 4.39 Å². The lowest BCUT2D eigenvalue weighted by molar-refractivity contribution is 0.190. The second-order valence-electron chi connectivity index (χ2n) is 6.44. The van der Waals surface area contributed by atoms with E-state index in [0.29, 0.717) is 0 Å². The highest BCUT2D eigenvalue weighted by Crippen LogP contribution is 2.30. The van der Waals surface area contributed by atoms with Crippen molar-refractivity contribution < 1.29 is 4.39 Å². The summed E-state index contributed by atoms with van der Waals surface area (Å²) in [5.74, 6) is 0.739. The first-order chi connectivity index (χ1) is 9.72. The Labute approximate surface area is 121 Å². The predicted molar refractivity (Wildman–Crippen MR) is 80.2 cm³/mol. The summed E-state index contributed by atoms with van der Waals surface area (Å²) < 4.78 is 13.4. The van der Waals surface area contributed by atoms with Gasteiger partial charge in [0.25, 0.3) is 0 Å². The highest BCUT2D eigenvalue weighted by Gasteiger charge is 2.30. The smallest absolute Gasteiger partial charge is 0.126 e. The summed E-state index contributed by atoms with van der Waals surface area (Å²) in [7, 11) is 0. The monoisotopic (exact) mass is 276 g/mol. The van der Waals surface area contributed by atoms with Gasteiger partial charge in [0.05, 0.1) is 0 Å². The quantitative estimate of drug-likeness (QED) is 0.889. The summed E-state index contributed by atoms with van der Waals surface area (Å²) in [6.07, 6.45) is 5.27. The Morgan fingerprint density at radius 3 is 2.60 bits per heavy atom. The number of hydrogen-bond acceptors (Lipinski definition) is 2. The van der Waals surface area contributed by atoms with Crippen LogP contribution in [0.5, 0.6) is 0 Å². The first-order valence-corrected chi connectivity index (χ1v) is 7.92. The molecule has 3 rings (SSSR count). The maximum Gasteiger partial charge on any atom is 0.126 e. The molecule has 3 heteroatoms. The number of benzene rings is 1. The van der Waals surface area contributed by atoms with Gasteiger partial charge in [-0.3, -0.25) is 4.90 Å². The van der Waals surface area contributed by atoms with Crippen LogP contribution < -0.4 is 5.32 Å². The topological polar surface area (TPSA) is 15.3 Å². The maximum atomic E-state index is 13.4. The summed E-state index contributed by atoms with van der Waals surface area (Å²) in [6.45, 7) is 6.38. The Hall–Kier alpha value is -0.930. The van der Waals surface area contributed by atoms with Crippen LogP contribution in [0.4, 0.5) is 4.39 Å². The molecule has 1 aromatic carbocycles. The van der Waals surface area contributed by atoms with Crippen LogP contribution in [0, 0.1) is 18.7 Å². The van der Waals surface area contributed by atoms with Crippen molar-refractivity contribution in [2.75, 3.05) is 19.6 Å². The molecule has 0 aromatic heterocycles. The van der Waals surface area contributed by atoms with Crippen molar-refractivity contribution in [1.29, 1.82) is 0 Å². The second-order valence-corrected chi connectivity index (χ2v) is 6.44. The molecule has 0 radical (unpaired) electrons. The molecule has 2 fully saturated rings. The summed E-state index contributed by atoms with van der Waals surface area (Å²) in [5, 5.41) is 3.44. The molecule has 1 N–H and O–H groups in total. The number of nitrogens with one attached hydrogen (secondary N) is 1. The minimum atomic E-state index is -0.0925. The van der Waals surface area contributed by atoms with Crippen LogP contribution in [0.25, 0.3) is 0 Å². The summed E-state index contributed by atoms with van der Waals surface area (Å²) in [4.78, 5) is 2.63. The average molecular weight is 276 g/mol. The SMILES string of the molecule is Cc1cc(CN(CC2CCNCC2)C2CC2)ccc1F. The number of rotatable bonds is 5. The Morgan fingerprint density at radius 2 is 1.95 bits per heavy atom. The standard InChI is InChI=1S/C17H25FN2/c1-13-10-15(2-5-17(13)18)12-20(16-3-4-16)11-14-6-8-19-9-7-14/h2,5,10,14,16,19H,3-4,6-9,11-12H2,1H3. The molecule has 0 atom stereocenters. The van der Waals surface area contributed by atoms with Crippen LogP contribution in [0.15, 0.2) is 18.2 Å². The first-order valence-electron chi connectivity index (χ1n) is 7.92. The normalized spacial score (nSPS) is 20.6. The third kappa shape index (κ3) is 3.58. The Bertz CT molecular complexity index is 450. The van der Waals surface area contributed by atoms with Gasteiger partial charge < -0.3 is 5.32 Å². The average Bonchev–Trinajstić information content (AvgIpc) is 3.28. The molecule has 2 aliphatic rings. The van der Waals surface area contributed by atoms with Crippen LogP contribution in [0.1, 0.15) is 36.8 Å². The second kappa shape index (κ2) is 6.23. The van der Waals surface area contributed by atoms with E-state index in [2.05, 4.69) is 10.2 Å². The van der Waals surface area contributed by atoms with Crippen molar-refractivity contribution in [2.45, 2.75) is 45.2 Å². The van der Waals surface area contributed by atoms with Gasteiger partial charge in [0.15, 0.2) is 0 Å². The number of aryl methyl sites for hydroxylation is 1. The van der Waals surface area contributed by atoms with E-state index >= 15 is 0 Å². The minimum absolute atomic E-state index is 0.0925. The lowest BCUT2D eigenvalue weighted by Gasteiger charge is -2.30. The van der Waals surface area contributed by atoms with Gasteiger partial charge in [0.1, 0.15) is 5.82 Å². The van der Waals surface area contributed by atoms with Gasteiger partial charge in [-0.05, 0) is 68.8 Å². The maximum absolute atomic E-state index is 13.4. The van der Waals surface area contributed by atoms with Gasteiger partial charge in [-0.2, -0.15) is 0 Å². The van der Waals surface area contributed by atoms with E-state index in [-0.39, 0.29) is 5.82 Å². The van der Waals surface area contributed by atoms with Crippen LogP contribution in [0.2, 0.25) is 0 Å². The molecule has 1 aliphatic heterocycles. The highest BCUT2D eigenvalue weighted by atomic mass is 19.1. The van der Waals surface area contributed by atoms with E-state index in [1.807, 2.05) is 19.1 Å². The molecule has 2 nitrogen and oxygen atoms in total. The van der Waals surface area contributed by atoms with Crippen molar-refractivity contribution in [3.05, 3.63) is 35.1 Å². The summed E-state index contributed by atoms with van der Waals surface area (Å²) >= 11 is 0. The van der Waals surface area contributed by atoms with Crippen LogP contribution in [-0.4, -0.2) is 30.6 Å². The van der Waals surface area contributed by atoms with E-state index < -0.39 is 0 Å². The van der Waals surface area contributed by atoms with Crippen molar-refractivity contribution in [3.63, 3.8) is 0 Å². The van der Waals surface area contributed by atoms with E-state index in [1.54, 1.807) is 6.07 Å². The van der Waals surface area contributed by atoms with Gasteiger partial charge in [-0.1, -0.05) is 12.1 Å². The molecule has 20 heavy (non-hydrogen) atoms. The first kappa shape index (κ1) is 14.0. The number of hydrogen-bond donors (Lipinski definition) is 1. The Kier molecular flexibility index (Phi) is 4.37. The fraction of sp³-hybridized carbons (Fsp3) is 0.647. The zero-order valence-electron chi connectivity index (χ0n) is 12.4. The zero-order valence-corrected chi connectivity index (χ0v) is 12.4. The molecule has 0 amide bonds. The number of piperidine rings is 1. The van der Waals surface area contributed by atoms with Gasteiger partial charge in [0, 0.05) is 19.1 Å². The van der Waals surface area contributed by atoms with E-state index in [1.165, 1.54) is 50.9 Å². The van der Waals surface area contributed by atoms with Gasteiger partial charge >= 0.3 is 0 Å². The number of halogens is 1. The molecule has 1 saturated carbocycles. The molecule has 1 heterocycles. The Morgan fingerprint density at radius 1 is 1.20 bits per heavy atom. The van der Waals surface area contributed by atoms with Gasteiger partial charge in [-0.25, -0.2) is 4.39 Å². The third-order valence-corrected chi connectivity index (χ3v) is 4.62. The van der Waals surface area contributed by atoms with Crippen molar-refractivity contribution in [2.24, 2.45) is 5.92 Å². The fourth-order valence-electron chi connectivity index (χ4n) is 3.22. The molecule has 110 valence electrons.